The SMILES string of the molecule is NCCc1nccn1Cc1cn2ccsc2n1. The molecule has 17 heavy (non-hydrogen) atoms. The minimum atomic E-state index is 0.620. The van der Waals surface area contributed by atoms with E-state index in [0.717, 1.165) is 29.4 Å². The van der Waals surface area contributed by atoms with Gasteiger partial charge >= 0.3 is 0 Å². The van der Waals surface area contributed by atoms with E-state index in [-0.39, 0.29) is 0 Å². The second-order valence-corrected chi connectivity index (χ2v) is 4.71. The van der Waals surface area contributed by atoms with Gasteiger partial charge in [0.2, 0.25) is 0 Å². The summed E-state index contributed by atoms with van der Waals surface area (Å²) in [6.45, 7) is 1.37. The summed E-state index contributed by atoms with van der Waals surface area (Å²) in [6, 6.07) is 0. The van der Waals surface area contributed by atoms with Crippen LogP contribution < -0.4 is 5.73 Å². The van der Waals surface area contributed by atoms with E-state index in [1.165, 1.54) is 0 Å². The lowest BCUT2D eigenvalue weighted by molar-refractivity contribution is 0.706. The zero-order chi connectivity index (χ0) is 11.7. The van der Waals surface area contributed by atoms with Crippen molar-refractivity contribution in [2.45, 2.75) is 13.0 Å². The summed E-state index contributed by atoms with van der Waals surface area (Å²) in [6.07, 6.45) is 8.65. The maximum absolute atomic E-state index is 5.56. The minimum Gasteiger partial charge on any atom is -0.330 e. The molecule has 0 aliphatic heterocycles. The van der Waals surface area contributed by atoms with Crippen LogP contribution in [0.2, 0.25) is 0 Å². The Morgan fingerprint density at radius 2 is 2.29 bits per heavy atom. The van der Waals surface area contributed by atoms with Crippen LogP contribution in [0.1, 0.15) is 11.5 Å². The highest BCUT2D eigenvalue weighted by molar-refractivity contribution is 7.15. The second-order valence-electron chi connectivity index (χ2n) is 3.84. The van der Waals surface area contributed by atoms with Crippen molar-refractivity contribution in [1.82, 2.24) is 18.9 Å². The fourth-order valence-electron chi connectivity index (χ4n) is 1.87. The number of thiazole rings is 1. The smallest absolute Gasteiger partial charge is 0.193 e. The van der Waals surface area contributed by atoms with Crippen molar-refractivity contribution in [3.63, 3.8) is 0 Å². The Morgan fingerprint density at radius 3 is 3.12 bits per heavy atom. The molecule has 0 unspecified atom stereocenters. The lowest BCUT2D eigenvalue weighted by atomic mass is 10.4. The van der Waals surface area contributed by atoms with Crippen molar-refractivity contribution in [1.29, 1.82) is 0 Å². The highest BCUT2D eigenvalue weighted by atomic mass is 32.1. The first-order valence-corrected chi connectivity index (χ1v) is 6.36. The number of nitrogens with two attached hydrogens (primary N) is 1. The summed E-state index contributed by atoms with van der Waals surface area (Å²) in [4.78, 5) is 9.87. The third-order valence-corrected chi connectivity index (χ3v) is 3.42. The standard InChI is InChI=1S/C11H13N5S/c12-2-1-10-13-3-4-15(10)7-9-8-16-5-6-17-11(16)14-9/h3-6,8H,1-2,7,12H2. The average Bonchev–Trinajstić information content (AvgIpc) is 2.95. The maximum atomic E-state index is 5.56. The monoisotopic (exact) mass is 247 g/mol. The van der Waals surface area contributed by atoms with Crippen molar-refractivity contribution in [2.24, 2.45) is 5.73 Å². The van der Waals surface area contributed by atoms with Gasteiger partial charge < -0.3 is 10.3 Å². The number of imidazole rings is 2. The normalized spacial score (nSPS) is 11.4. The van der Waals surface area contributed by atoms with Crippen LogP contribution in [0.5, 0.6) is 0 Å². The topological polar surface area (TPSA) is 61.1 Å². The third kappa shape index (κ3) is 1.96. The van der Waals surface area contributed by atoms with Crippen LogP contribution in [0.25, 0.3) is 4.96 Å². The van der Waals surface area contributed by atoms with Crippen LogP contribution >= 0.6 is 11.3 Å². The number of fused-ring (bicyclic) bond motifs is 1. The zero-order valence-corrected chi connectivity index (χ0v) is 10.1. The molecular formula is C11H13N5S. The summed E-state index contributed by atoms with van der Waals surface area (Å²) in [5, 5.41) is 2.03. The molecule has 6 heteroatoms. The van der Waals surface area contributed by atoms with E-state index in [2.05, 4.69) is 20.7 Å². The third-order valence-electron chi connectivity index (χ3n) is 2.65. The van der Waals surface area contributed by atoms with E-state index in [4.69, 9.17) is 5.73 Å². The summed E-state index contributed by atoms with van der Waals surface area (Å²) in [5.74, 6) is 1.02. The summed E-state index contributed by atoms with van der Waals surface area (Å²) >= 11 is 1.64. The Morgan fingerprint density at radius 1 is 1.35 bits per heavy atom. The first-order chi connectivity index (χ1) is 8.36. The van der Waals surface area contributed by atoms with Gasteiger partial charge in [0.25, 0.3) is 0 Å². The molecule has 0 aliphatic rings. The van der Waals surface area contributed by atoms with Gasteiger partial charge in [-0.15, -0.1) is 11.3 Å². The molecule has 2 N–H and O–H groups in total. The van der Waals surface area contributed by atoms with Gasteiger partial charge in [-0.2, -0.15) is 0 Å². The molecule has 0 radical (unpaired) electrons. The quantitative estimate of drug-likeness (QED) is 0.752. The van der Waals surface area contributed by atoms with E-state index >= 15 is 0 Å². The maximum Gasteiger partial charge on any atom is 0.193 e. The summed E-state index contributed by atoms with van der Waals surface area (Å²) in [5.41, 5.74) is 6.60. The van der Waals surface area contributed by atoms with Gasteiger partial charge in [0.05, 0.1) is 12.2 Å². The fourth-order valence-corrected chi connectivity index (χ4v) is 2.59. The average molecular weight is 247 g/mol. The van der Waals surface area contributed by atoms with Crippen LogP contribution in [0, 0.1) is 0 Å². The number of rotatable bonds is 4. The summed E-state index contributed by atoms with van der Waals surface area (Å²) < 4.78 is 4.14. The Kier molecular flexibility index (Phi) is 2.66. The molecule has 0 aliphatic carbocycles. The zero-order valence-electron chi connectivity index (χ0n) is 9.28. The second kappa shape index (κ2) is 4.31. The number of hydrogen-bond donors (Lipinski definition) is 1. The molecule has 0 amide bonds. The number of hydrogen-bond acceptors (Lipinski definition) is 4. The molecule has 0 bridgehead atoms. The van der Waals surface area contributed by atoms with E-state index in [1.54, 1.807) is 11.3 Å². The molecule has 3 rings (SSSR count). The Labute approximate surface area is 103 Å². The first kappa shape index (κ1) is 10.5. The molecule has 3 aromatic heterocycles. The van der Waals surface area contributed by atoms with Gasteiger partial charge in [-0.25, -0.2) is 9.97 Å². The minimum absolute atomic E-state index is 0.620. The predicted octanol–water partition coefficient (Wildman–Crippen LogP) is 1.14. The van der Waals surface area contributed by atoms with Gasteiger partial charge in [0.1, 0.15) is 5.82 Å². The molecule has 0 aromatic carbocycles. The van der Waals surface area contributed by atoms with Crippen LogP contribution in [0.15, 0.2) is 30.2 Å². The van der Waals surface area contributed by atoms with Crippen molar-refractivity contribution in [3.05, 3.63) is 41.7 Å². The van der Waals surface area contributed by atoms with Gasteiger partial charge in [0.15, 0.2) is 4.96 Å². The number of aromatic nitrogens is 4. The molecule has 3 aromatic rings. The predicted molar refractivity (Wildman–Crippen MR) is 67.2 cm³/mol. The van der Waals surface area contributed by atoms with Crippen molar-refractivity contribution < 1.29 is 0 Å². The molecule has 3 heterocycles. The van der Waals surface area contributed by atoms with Crippen LogP contribution in [-0.4, -0.2) is 25.5 Å². The van der Waals surface area contributed by atoms with Gasteiger partial charge in [-0.3, -0.25) is 4.40 Å². The van der Waals surface area contributed by atoms with Gasteiger partial charge in [-0.1, -0.05) is 0 Å². The van der Waals surface area contributed by atoms with E-state index in [1.807, 2.05) is 28.4 Å². The van der Waals surface area contributed by atoms with Crippen molar-refractivity contribution in [2.75, 3.05) is 6.54 Å². The van der Waals surface area contributed by atoms with Gasteiger partial charge in [-0.05, 0) is 6.54 Å². The first-order valence-electron chi connectivity index (χ1n) is 5.48. The fraction of sp³-hybridized carbons (Fsp3) is 0.273. The Hall–Kier alpha value is -1.66. The summed E-state index contributed by atoms with van der Waals surface area (Å²) in [7, 11) is 0. The molecule has 0 saturated carbocycles. The molecule has 5 nitrogen and oxygen atoms in total. The lowest BCUT2D eigenvalue weighted by Crippen LogP contribution is -2.10. The van der Waals surface area contributed by atoms with Crippen LogP contribution in [-0.2, 0) is 13.0 Å². The van der Waals surface area contributed by atoms with E-state index < -0.39 is 0 Å². The van der Waals surface area contributed by atoms with Crippen LogP contribution in [0.4, 0.5) is 0 Å². The largest absolute Gasteiger partial charge is 0.330 e. The van der Waals surface area contributed by atoms with Crippen molar-refractivity contribution >= 4 is 16.3 Å². The molecule has 88 valence electrons. The van der Waals surface area contributed by atoms with E-state index in [0.29, 0.717) is 6.54 Å². The molecule has 0 atom stereocenters. The molecule has 0 saturated heterocycles. The lowest BCUT2D eigenvalue weighted by Gasteiger charge is -2.04. The molecule has 0 spiro atoms. The van der Waals surface area contributed by atoms with Crippen molar-refractivity contribution in [3.8, 4) is 0 Å². The highest BCUT2D eigenvalue weighted by Crippen LogP contribution is 2.12. The van der Waals surface area contributed by atoms with E-state index in [9.17, 15) is 0 Å². The van der Waals surface area contributed by atoms with Crippen LogP contribution in [0.3, 0.4) is 0 Å². The van der Waals surface area contributed by atoms with Gasteiger partial charge in [0, 0.05) is 36.6 Å². The molecular weight excluding hydrogens is 234 g/mol. The molecule has 0 fully saturated rings. The Balaban J connectivity index is 1.86. The Bertz CT molecular complexity index is 592. The number of nitrogens with zero attached hydrogens (tertiary/aromatic N) is 4. The highest BCUT2D eigenvalue weighted by Gasteiger charge is 2.06.